The summed E-state index contributed by atoms with van der Waals surface area (Å²) in [7, 11) is -3.58. The van der Waals surface area contributed by atoms with Crippen LogP contribution in [-0.2, 0) is 16.6 Å². The van der Waals surface area contributed by atoms with E-state index in [1.165, 1.54) is 0 Å². The van der Waals surface area contributed by atoms with Crippen LogP contribution < -0.4 is 10.0 Å². The third kappa shape index (κ3) is 5.40. The fourth-order valence-corrected chi connectivity index (χ4v) is 3.35. The number of sulfonamides is 1. The molecule has 0 aliphatic rings. The summed E-state index contributed by atoms with van der Waals surface area (Å²) in [5.74, 6) is 0. The Morgan fingerprint density at radius 3 is 2.45 bits per heavy atom. The highest BCUT2D eigenvalue weighted by molar-refractivity contribution is 7.89. The molecule has 0 amide bonds. The minimum absolute atomic E-state index is 0.124. The molecule has 1 aromatic carbocycles. The van der Waals surface area contributed by atoms with E-state index in [0.29, 0.717) is 13.1 Å². The fraction of sp³-hybridized carbons (Fsp3) is 0.571. The molecule has 2 N–H and O–H groups in total. The van der Waals surface area contributed by atoms with Gasteiger partial charge < -0.3 is 5.32 Å². The van der Waals surface area contributed by atoms with Gasteiger partial charge in [0.05, 0.1) is 5.02 Å². The van der Waals surface area contributed by atoms with Gasteiger partial charge in [-0.2, -0.15) is 0 Å². The van der Waals surface area contributed by atoms with Gasteiger partial charge in [0.25, 0.3) is 0 Å². The quantitative estimate of drug-likeness (QED) is 0.848. The predicted molar refractivity (Wildman–Crippen MR) is 83.5 cm³/mol. The van der Waals surface area contributed by atoms with E-state index in [-0.39, 0.29) is 15.3 Å². The van der Waals surface area contributed by atoms with Crippen LogP contribution in [0.4, 0.5) is 0 Å². The third-order valence-corrected chi connectivity index (χ3v) is 4.54. The topological polar surface area (TPSA) is 58.2 Å². The number of hydrogen-bond donors (Lipinski definition) is 2. The first kappa shape index (κ1) is 17.4. The Morgan fingerprint density at radius 2 is 1.90 bits per heavy atom. The fourth-order valence-electron chi connectivity index (χ4n) is 1.52. The Bertz CT molecular complexity index is 551. The molecule has 0 fully saturated rings. The first-order valence-corrected chi connectivity index (χ1v) is 8.50. The van der Waals surface area contributed by atoms with Gasteiger partial charge in [-0.05, 0) is 29.7 Å². The zero-order valence-electron chi connectivity index (χ0n) is 12.5. The summed E-state index contributed by atoms with van der Waals surface area (Å²) in [5.41, 5.74) is 0.772. The lowest BCUT2D eigenvalue weighted by atomic mass is 9.98. The summed E-state index contributed by atoms with van der Waals surface area (Å²) in [5, 5.41) is 3.40. The number of hydrogen-bond acceptors (Lipinski definition) is 3. The van der Waals surface area contributed by atoms with Crippen LogP contribution in [0.15, 0.2) is 23.1 Å². The van der Waals surface area contributed by atoms with Crippen LogP contribution in [0.25, 0.3) is 0 Å². The predicted octanol–water partition coefficient (Wildman–Crippen LogP) is 2.77. The van der Waals surface area contributed by atoms with E-state index < -0.39 is 10.0 Å². The molecule has 4 nitrogen and oxygen atoms in total. The average Bonchev–Trinajstić information content (AvgIpc) is 2.34. The van der Waals surface area contributed by atoms with Gasteiger partial charge in [-0.1, -0.05) is 45.4 Å². The van der Waals surface area contributed by atoms with Crippen LogP contribution >= 0.6 is 11.6 Å². The van der Waals surface area contributed by atoms with Gasteiger partial charge >= 0.3 is 0 Å². The number of benzene rings is 1. The van der Waals surface area contributed by atoms with Crippen LogP contribution in [0.3, 0.4) is 0 Å². The van der Waals surface area contributed by atoms with E-state index in [9.17, 15) is 8.42 Å². The lowest BCUT2D eigenvalue weighted by Gasteiger charge is -2.19. The van der Waals surface area contributed by atoms with Crippen molar-refractivity contribution in [3.05, 3.63) is 28.8 Å². The molecule has 0 unspecified atom stereocenters. The van der Waals surface area contributed by atoms with E-state index in [0.717, 1.165) is 12.1 Å². The second-order valence-electron chi connectivity index (χ2n) is 5.93. The normalized spacial score (nSPS) is 12.7. The molecule has 0 heterocycles. The summed E-state index contributed by atoms with van der Waals surface area (Å²) in [6.07, 6.45) is 0. The molecule has 0 saturated heterocycles. The largest absolute Gasteiger partial charge is 0.313 e. The minimum atomic E-state index is -3.58. The third-order valence-electron chi connectivity index (χ3n) is 2.66. The molecule has 114 valence electrons. The molecule has 1 aromatic rings. The molecule has 0 bridgehead atoms. The van der Waals surface area contributed by atoms with E-state index in [4.69, 9.17) is 11.6 Å². The number of rotatable bonds is 6. The van der Waals surface area contributed by atoms with Crippen molar-refractivity contribution in [2.45, 2.75) is 39.1 Å². The van der Waals surface area contributed by atoms with Crippen molar-refractivity contribution in [2.75, 3.05) is 13.1 Å². The summed E-state index contributed by atoms with van der Waals surface area (Å²) in [4.78, 5) is 0.138. The first-order chi connectivity index (χ1) is 9.15. The first-order valence-electron chi connectivity index (χ1n) is 6.64. The Morgan fingerprint density at radius 1 is 1.25 bits per heavy atom. The molecule has 20 heavy (non-hydrogen) atoms. The smallest absolute Gasteiger partial charge is 0.242 e. The van der Waals surface area contributed by atoms with Crippen molar-refractivity contribution < 1.29 is 8.42 Å². The van der Waals surface area contributed by atoms with Gasteiger partial charge in [-0.25, -0.2) is 13.1 Å². The Labute approximate surface area is 127 Å². The monoisotopic (exact) mass is 318 g/mol. The zero-order valence-corrected chi connectivity index (χ0v) is 14.0. The molecule has 0 aromatic heterocycles. The maximum absolute atomic E-state index is 12.3. The van der Waals surface area contributed by atoms with Crippen LogP contribution in [0.2, 0.25) is 5.02 Å². The average molecular weight is 319 g/mol. The molecule has 0 aliphatic carbocycles. The highest BCUT2D eigenvalue weighted by atomic mass is 35.5. The van der Waals surface area contributed by atoms with Crippen molar-refractivity contribution in [2.24, 2.45) is 5.41 Å². The van der Waals surface area contributed by atoms with Gasteiger partial charge in [-0.15, -0.1) is 0 Å². The summed E-state index contributed by atoms with van der Waals surface area (Å²) in [6, 6.07) is 5.07. The lowest BCUT2D eigenvalue weighted by Crippen LogP contribution is -2.32. The van der Waals surface area contributed by atoms with Crippen LogP contribution in [0.5, 0.6) is 0 Å². The Balaban J connectivity index is 2.98. The molecule has 0 atom stereocenters. The summed E-state index contributed by atoms with van der Waals surface area (Å²) < 4.78 is 27.2. The molecule has 6 heteroatoms. The zero-order chi connectivity index (χ0) is 15.4. The van der Waals surface area contributed by atoms with Crippen molar-refractivity contribution in [3.8, 4) is 0 Å². The van der Waals surface area contributed by atoms with E-state index in [2.05, 4.69) is 10.0 Å². The van der Waals surface area contributed by atoms with Gasteiger partial charge in [0.2, 0.25) is 10.0 Å². The summed E-state index contributed by atoms with van der Waals surface area (Å²) in [6.45, 7) is 9.72. The molecular formula is C14H23ClN2O2S. The maximum Gasteiger partial charge on any atom is 0.242 e. The second-order valence-corrected chi connectivity index (χ2v) is 8.07. The lowest BCUT2D eigenvalue weighted by molar-refractivity contribution is 0.407. The standard InChI is InChI=1S/C14H23ClN2O2S/c1-5-16-9-11-6-7-12(15)13(8-11)20(18,19)17-10-14(2,3)4/h6-8,16-17H,5,9-10H2,1-4H3. The van der Waals surface area contributed by atoms with Gasteiger partial charge in [-0.3, -0.25) is 0 Å². The van der Waals surface area contributed by atoms with Crippen molar-refractivity contribution >= 4 is 21.6 Å². The molecule has 0 radical (unpaired) electrons. The molecular weight excluding hydrogens is 296 g/mol. The van der Waals surface area contributed by atoms with E-state index in [1.54, 1.807) is 12.1 Å². The highest BCUT2D eigenvalue weighted by Crippen LogP contribution is 2.23. The van der Waals surface area contributed by atoms with Crippen molar-refractivity contribution in [3.63, 3.8) is 0 Å². The van der Waals surface area contributed by atoms with Crippen LogP contribution in [0, 0.1) is 5.41 Å². The molecule has 0 spiro atoms. The summed E-state index contributed by atoms with van der Waals surface area (Å²) >= 11 is 6.03. The highest BCUT2D eigenvalue weighted by Gasteiger charge is 2.21. The van der Waals surface area contributed by atoms with Gasteiger partial charge in [0, 0.05) is 13.1 Å². The molecule has 0 aliphatic heterocycles. The number of halogens is 1. The molecule has 0 saturated carbocycles. The van der Waals surface area contributed by atoms with E-state index in [1.807, 2.05) is 33.8 Å². The van der Waals surface area contributed by atoms with E-state index >= 15 is 0 Å². The second kappa shape index (κ2) is 6.89. The van der Waals surface area contributed by atoms with Crippen molar-refractivity contribution in [1.82, 2.24) is 10.0 Å². The van der Waals surface area contributed by atoms with Crippen LogP contribution in [-0.4, -0.2) is 21.5 Å². The maximum atomic E-state index is 12.3. The SMILES string of the molecule is CCNCc1ccc(Cl)c(S(=O)(=O)NCC(C)(C)C)c1. The Hall–Kier alpha value is -0.620. The van der Waals surface area contributed by atoms with Gasteiger partial charge in [0.1, 0.15) is 4.90 Å². The van der Waals surface area contributed by atoms with Gasteiger partial charge in [0.15, 0.2) is 0 Å². The minimum Gasteiger partial charge on any atom is -0.313 e. The molecule has 1 rings (SSSR count). The van der Waals surface area contributed by atoms with Crippen molar-refractivity contribution in [1.29, 1.82) is 0 Å². The number of nitrogens with one attached hydrogen (secondary N) is 2. The van der Waals surface area contributed by atoms with Crippen LogP contribution in [0.1, 0.15) is 33.3 Å². The Kier molecular flexibility index (Phi) is 6.01.